The molecule has 2 aromatic carbocycles. The largest absolute Gasteiger partial charge is 0.461 e. The first kappa shape index (κ1) is 22.6. The zero-order valence-electron chi connectivity index (χ0n) is 17.9. The van der Waals surface area contributed by atoms with Gasteiger partial charge in [-0.05, 0) is 69.2 Å². The molecule has 4 rings (SSSR count). The van der Waals surface area contributed by atoms with Gasteiger partial charge in [-0.1, -0.05) is 30.9 Å². The molecule has 168 valence electrons. The number of hydrogen-bond donors (Lipinski definition) is 0. The van der Waals surface area contributed by atoms with Crippen LogP contribution in [0.25, 0.3) is 11.0 Å². The number of anilines is 1. The first-order valence-electron chi connectivity index (χ1n) is 10.6. The summed E-state index contributed by atoms with van der Waals surface area (Å²) in [7, 11) is -4.20. The van der Waals surface area contributed by atoms with Crippen molar-refractivity contribution in [2.24, 2.45) is 5.92 Å². The van der Waals surface area contributed by atoms with Crippen molar-refractivity contribution in [1.82, 2.24) is 0 Å². The fraction of sp³-hybridized carbons (Fsp3) is 0.333. The van der Waals surface area contributed by atoms with Crippen LogP contribution in [0.1, 0.15) is 55.1 Å². The van der Waals surface area contributed by atoms with Crippen molar-refractivity contribution in [3.8, 4) is 0 Å². The quantitative estimate of drug-likeness (QED) is 0.431. The highest BCUT2D eigenvalue weighted by Gasteiger charge is 2.36. The summed E-state index contributed by atoms with van der Waals surface area (Å²) in [4.78, 5) is 25.7. The van der Waals surface area contributed by atoms with E-state index in [2.05, 4.69) is 0 Å². The molecule has 8 heteroatoms. The van der Waals surface area contributed by atoms with Gasteiger partial charge in [0, 0.05) is 16.3 Å². The third-order valence-electron chi connectivity index (χ3n) is 5.94. The van der Waals surface area contributed by atoms with Gasteiger partial charge < -0.3 is 4.42 Å². The Morgan fingerprint density at radius 3 is 2.31 bits per heavy atom. The van der Waals surface area contributed by atoms with E-state index < -0.39 is 15.9 Å². The Balaban J connectivity index is 1.89. The summed E-state index contributed by atoms with van der Waals surface area (Å²) in [5, 5.41) is 0.885. The molecule has 0 spiro atoms. The average Bonchev–Trinajstić information content (AvgIpc) is 3.10. The Morgan fingerprint density at radius 1 is 1.03 bits per heavy atom. The first-order valence-corrected chi connectivity index (χ1v) is 12.4. The Morgan fingerprint density at radius 2 is 1.69 bits per heavy atom. The molecule has 0 radical (unpaired) electrons. The zero-order chi connectivity index (χ0) is 23.0. The maximum absolute atomic E-state index is 13.7. The summed E-state index contributed by atoms with van der Waals surface area (Å²) in [5.41, 5.74) is 1.03. The molecule has 32 heavy (non-hydrogen) atoms. The molecule has 0 atom stereocenters. The Kier molecular flexibility index (Phi) is 6.14. The van der Waals surface area contributed by atoms with E-state index in [-0.39, 0.29) is 22.3 Å². The number of fused-ring (bicyclic) bond motifs is 1. The topological polar surface area (TPSA) is 84.7 Å². The van der Waals surface area contributed by atoms with Gasteiger partial charge in [0.2, 0.25) is 5.91 Å². The van der Waals surface area contributed by atoms with Gasteiger partial charge in [-0.3, -0.25) is 9.59 Å². The second-order valence-electron chi connectivity index (χ2n) is 8.17. The molecule has 0 N–H and O–H groups in total. The highest BCUT2D eigenvalue weighted by Crippen LogP contribution is 2.35. The third kappa shape index (κ3) is 4.07. The molecule has 0 saturated heterocycles. The molecule has 0 unspecified atom stereocenters. The molecular weight excluding hydrogens is 450 g/mol. The van der Waals surface area contributed by atoms with Gasteiger partial charge >= 0.3 is 0 Å². The minimum Gasteiger partial charge on any atom is -0.461 e. The second kappa shape index (κ2) is 8.71. The lowest BCUT2D eigenvalue weighted by molar-refractivity contribution is -0.122. The number of sulfonamides is 1. The summed E-state index contributed by atoms with van der Waals surface area (Å²) in [5.74, 6) is -0.567. The molecule has 1 saturated carbocycles. The molecule has 1 fully saturated rings. The van der Waals surface area contributed by atoms with Gasteiger partial charge in [-0.15, -0.1) is 0 Å². The van der Waals surface area contributed by atoms with Crippen molar-refractivity contribution in [3.05, 3.63) is 58.8 Å². The minimum atomic E-state index is -4.20. The smallest absolute Gasteiger partial charge is 0.270 e. The zero-order valence-corrected chi connectivity index (χ0v) is 19.5. The summed E-state index contributed by atoms with van der Waals surface area (Å²) in [6.45, 7) is 3.12. The Labute approximate surface area is 192 Å². The maximum atomic E-state index is 13.7. The molecule has 1 amide bonds. The Bertz CT molecular complexity index is 1290. The lowest BCUT2D eigenvalue weighted by atomic mass is 9.88. The number of ketones is 1. The van der Waals surface area contributed by atoms with E-state index in [1.54, 1.807) is 25.1 Å². The fourth-order valence-corrected chi connectivity index (χ4v) is 5.98. The van der Waals surface area contributed by atoms with E-state index in [1.807, 2.05) is 0 Å². The minimum absolute atomic E-state index is 0.0266. The number of halogens is 1. The van der Waals surface area contributed by atoms with Crippen molar-refractivity contribution >= 4 is 50.0 Å². The molecule has 1 aliphatic rings. The molecule has 0 aliphatic heterocycles. The first-order chi connectivity index (χ1) is 15.2. The SMILES string of the molecule is CC(=O)c1c(C)oc2ccc(N(C(=O)C3CCCCC3)S(=O)(=O)c3ccc(Cl)cc3)cc12. The van der Waals surface area contributed by atoms with Crippen LogP contribution in [0.4, 0.5) is 5.69 Å². The van der Waals surface area contributed by atoms with E-state index in [4.69, 9.17) is 16.0 Å². The van der Waals surface area contributed by atoms with Crippen molar-refractivity contribution in [1.29, 1.82) is 0 Å². The average molecular weight is 474 g/mol. The molecule has 1 heterocycles. The van der Waals surface area contributed by atoms with Crippen molar-refractivity contribution in [2.45, 2.75) is 50.8 Å². The normalized spacial score (nSPS) is 15.1. The molecular formula is C24H24ClNO5S. The van der Waals surface area contributed by atoms with Crippen LogP contribution in [-0.2, 0) is 14.8 Å². The predicted octanol–water partition coefficient (Wildman–Crippen LogP) is 5.90. The number of furan rings is 1. The number of amides is 1. The lowest BCUT2D eigenvalue weighted by Gasteiger charge is -2.29. The number of benzene rings is 2. The molecule has 0 bridgehead atoms. The molecule has 6 nitrogen and oxygen atoms in total. The molecule has 1 aromatic heterocycles. The monoisotopic (exact) mass is 473 g/mol. The maximum Gasteiger partial charge on any atom is 0.270 e. The van der Waals surface area contributed by atoms with E-state index >= 15 is 0 Å². The van der Waals surface area contributed by atoms with Crippen LogP contribution in [-0.4, -0.2) is 20.1 Å². The molecule has 1 aliphatic carbocycles. The van der Waals surface area contributed by atoms with Gasteiger partial charge in [-0.2, -0.15) is 0 Å². The number of nitrogens with zero attached hydrogens (tertiary/aromatic N) is 1. The van der Waals surface area contributed by atoms with E-state index in [0.717, 1.165) is 23.6 Å². The highest BCUT2D eigenvalue weighted by molar-refractivity contribution is 7.93. The van der Waals surface area contributed by atoms with Crippen LogP contribution in [0.15, 0.2) is 51.8 Å². The summed E-state index contributed by atoms with van der Waals surface area (Å²) >= 11 is 5.94. The van der Waals surface area contributed by atoms with Crippen LogP contribution >= 0.6 is 11.6 Å². The summed E-state index contributed by atoms with van der Waals surface area (Å²) < 4.78 is 33.9. The number of carbonyl (C=O) groups is 2. The van der Waals surface area contributed by atoms with E-state index in [9.17, 15) is 18.0 Å². The molecule has 3 aromatic rings. The van der Waals surface area contributed by atoms with E-state index in [0.29, 0.717) is 40.2 Å². The van der Waals surface area contributed by atoms with Gasteiger partial charge in [0.05, 0.1) is 16.1 Å². The van der Waals surface area contributed by atoms with Crippen molar-refractivity contribution in [2.75, 3.05) is 4.31 Å². The van der Waals surface area contributed by atoms with Crippen molar-refractivity contribution < 1.29 is 22.4 Å². The van der Waals surface area contributed by atoms with Crippen LogP contribution in [0.3, 0.4) is 0 Å². The Hall–Kier alpha value is -2.64. The van der Waals surface area contributed by atoms with Crippen molar-refractivity contribution in [3.63, 3.8) is 0 Å². The van der Waals surface area contributed by atoms with E-state index in [1.165, 1.54) is 31.2 Å². The summed E-state index contributed by atoms with van der Waals surface area (Å²) in [6.07, 6.45) is 4.11. The fourth-order valence-electron chi connectivity index (χ4n) is 4.38. The number of hydrogen-bond acceptors (Lipinski definition) is 5. The predicted molar refractivity (Wildman–Crippen MR) is 124 cm³/mol. The number of carbonyl (C=O) groups excluding carboxylic acids is 2. The number of Topliss-reactive ketones (excluding diaryl/α,β-unsaturated/α-hetero) is 1. The lowest BCUT2D eigenvalue weighted by Crippen LogP contribution is -2.41. The number of aryl methyl sites for hydroxylation is 1. The third-order valence-corrected chi connectivity index (χ3v) is 7.93. The van der Waals surface area contributed by atoms with Gasteiger partial charge in [0.25, 0.3) is 10.0 Å². The summed E-state index contributed by atoms with van der Waals surface area (Å²) in [6, 6.07) is 10.4. The van der Waals surface area contributed by atoms with Crippen LogP contribution < -0.4 is 4.31 Å². The number of rotatable bonds is 5. The standard InChI is InChI=1S/C24H24ClNO5S/c1-15(27)23-16(2)31-22-13-10-19(14-21(22)23)26(24(28)17-6-4-3-5-7-17)32(29,30)20-11-8-18(25)9-12-20/h8-14,17H,3-7H2,1-2H3. The van der Waals surface area contributed by atoms with Crippen LogP contribution in [0.2, 0.25) is 5.02 Å². The van der Waals surface area contributed by atoms with Gasteiger partial charge in [-0.25, -0.2) is 12.7 Å². The van der Waals surface area contributed by atoms with Crippen LogP contribution in [0, 0.1) is 12.8 Å². The van der Waals surface area contributed by atoms with Gasteiger partial charge in [0.15, 0.2) is 5.78 Å². The second-order valence-corrected chi connectivity index (χ2v) is 10.4. The highest BCUT2D eigenvalue weighted by atomic mass is 35.5. The van der Waals surface area contributed by atoms with Gasteiger partial charge in [0.1, 0.15) is 11.3 Å². The van der Waals surface area contributed by atoms with Crippen LogP contribution in [0.5, 0.6) is 0 Å².